The average molecular weight is 344 g/mol. The molecule has 0 spiro atoms. The molecule has 1 fully saturated rings. The third-order valence-corrected chi connectivity index (χ3v) is 4.99. The fraction of sp³-hybridized carbons (Fsp3) is 0.333. The lowest BCUT2D eigenvalue weighted by Gasteiger charge is -2.12. The number of aromatic nitrogens is 1. The molecule has 126 valence electrons. The molecule has 1 aliphatic heterocycles. The zero-order valence-corrected chi connectivity index (χ0v) is 14.6. The first-order valence-electron chi connectivity index (χ1n) is 7.82. The van der Waals surface area contributed by atoms with Gasteiger partial charge < -0.3 is 14.8 Å². The monoisotopic (exact) mass is 344 g/mol. The summed E-state index contributed by atoms with van der Waals surface area (Å²) in [6.07, 6.45) is 2.82. The SMILES string of the molecule is COc1ccc(NC(=O)c2ccc(OC3CCSC3)nc2)c(C)c1. The molecule has 1 aromatic heterocycles. The number of rotatable bonds is 5. The Morgan fingerprint density at radius 1 is 1.33 bits per heavy atom. The highest BCUT2D eigenvalue weighted by Gasteiger charge is 2.17. The number of nitrogens with zero attached hydrogens (tertiary/aromatic N) is 1. The van der Waals surface area contributed by atoms with E-state index in [2.05, 4.69) is 10.3 Å². The van der Waals surface area contributed by atoms with Gasteiger partial charge in [0.2, 0.25) is 5.88 Å². The second-order valence-corrected chi connectivity index (χ2v) is 6.77. The van der Waals surface area contributed by atoms with E-state index in [1.165, 1.54) is 0 Å². The quantitative estimate of drug-likeness (QED) is 0.899. The van der Waals surface area contributed by atoms with E-state index in [1.54, 1.807) is 25.4 Å². The molecule has 2 heterocycles. The summed E-state index contributed by atoms with van der Waals surface area (Å²) in [6, 6.07) is 9.01. The summed E-state index contributed by atoms with van der Waals surface area (Å²) in [5.41, 5.74) is 2.19. The summed E-state index contributed by atoms with van der Waals surface area (Å²) in [7, 11) is 1.62. The van der Waals surface area contributed by atoms with Crippen LogP contribution < -0.4 is 14.8 Å². The Morgan fingerprint density at radius 3 is 2.83 bits per heavy atom. The maximum absolute atomic E-state index is 12.4. The van der Waals surface area contributed by atoms with Crippen molar-refractivity contribution in [2.45, 2.75) is 19.4 Å². The van der Waals surface area contributed by atoms with Gasteiger partial charge in [-0.1, -0.05) is 0 Å². The van der Waals surface area contributed by atoms with Crippen LogP contribution in [0.5, 0.6) is 11.6 Å². The van der Waals surface area contributed by atoms with Gasteiger partial charge in [0.05, 0.1) is 12.7 Å². The highest BCUT2D eigenvalue weighted by atomic mass is 32.2. The molecule has 2 aromatic rings. The van der Waals surface area contributed by atoms with Gasteiger partial charge in [0.25, 0.3) is 5.91 Å². The van der Waals surface area contributed by atoms with Gasteiger partial charge in [-0.05, 0) is 48.9 Å². The van der Waals surface area contributed by atoms with E-state index in [0.717, 1.165) is 34.9 Å². The van der Waals surface area contributed by atoms with Crippen LogP contribution in [0.3, 0.4) is 0 Å². The van der Waals surface area contributed by atoms with Gasteiger partial charge in [0.1, 0.15) is 11.9 Å². The second kappa shape index (κ2) is 7.57. The Balaban J connectivity index is 1.64. The van der Waals surface area contributed by atoms with Gasteiger partial charge in [-0.15, -0.1) is 0 Å². The molecule has 6 heteroatoms. The van der Waals surface area contributed by atoms with Gasteiger partial charge in [-0.25, -0.2) is 4.98 Å². The summed E-state index contributed by atoms with van der Waals surface area (Å²) in [5, 5.41) is 2.89. The van der Waals surface area contributed by atoms with Crippen molar-refractivity contribution < 1.29 is 14.3 Å². The van der Waals surface area contributed by atoms with Crippen LogP contribution in [0.25, 0.3) is 0 Å². The van der Waals surface area contributed by atoms with E-state index in [4.69, 9.17) is 9.47 Å². The summed E-state index contributed by atoms with van der Waals surface area (Å²) in [5.74, 6) is 3.27. The average Bonchev–Trinajstić information content (AvgIpc) is 3.10. The molecule has 0 aliphatic carbocycles. The maximum Gasteiger partial charge on any atom is 0.257 e. The first kappa shape index (κ1) is 16.6. The van der Waals surface area contributed by atoms with E-state index in [1.807, 2.05) is 36.9 Å². The minimum absolute atomic E-state index is 0.196. The van der Waals surface area contributed by atoms with Crippen LogP contribution in [0.4, 0.5) is 5.69 Å². The molecule has 1 atom stereocenters. The smallest absolute Gasteiger partial charge is 0.257 e. The predicted molar refractivity (Wildman–Crippen MR) is 96.3 cm³/mol. The van der Waals surface area contributed by atoms with Crippen molar-refractivity contribution in [3.63, 3.8) is 0 Å². The molecule has 1 saturated heterocycles. The Morgan fingerprint density at radius 2 is 2.21 bits per heavy atom. The molecule has 1 aliphatic rings. The van der Waals surface area contributed by atoms with Crippen molar-refractivity contribution in [3.05, 3.63) is 47.7 Å². The van der Waals surface area contributed by atoms with Crippen LogP contribution in [-0.4, -0.2) is 35.6 Å². The number of methoxy groups -OCH3 is 1. The van der Waals surface area contributed by atoms with E-state index in [9.17, 15) is 4.79 Å². The molecular formula is C18H20N2O3S. The third-order valence-electron chi connectivity index (χ3n) is 3.86. The van der Waals surface area contributed by atoms with Crippen molar-refractivity contribution in [2.24, 2.45) is 0 Å². The molecule has 0 saturated carbocycles. The topological polar surface area (TPSA) is 60.5 Å². The minimum Gasteiger partial charge on any atom is -0.497 e. The number of nitrogens with one attached hydrogen (secondary N) is 1. The zero-order valence-electron chi connectivity index (χ0n) is 13.7. The number of carbonyl (C=O) groups is 1. The molecule has 1 aromatic carbocycles. The van der Waals surface area contributed by atoms with Gasteiger partial charge >= 0.3 is 0 Å². The molecule has 0 radical (unpaired) electrons. The number of hydrogen-bond donors (Lipinski definition) is 1. The lowest BCUT2D eigenvalue weighted by molar-refractivity contribution is 0.102. The molecule has 3 rings (SSSR count). The molecule has 0 bridgehead atoms. The van der Waals surface area contributed by atoms with E-state index >= 15 is 0 Å². The molecule has 5 nitrogen and oxygen atoms in total. The Labute approximate surface area is 145 Å². The van der Waals surface area contributed by atoms with E-state index in [-0.39, 0.29) is 12.0 Å². The van der Waals surface area contributed by atoms with Crippen molar-refractivity contribution >= 4 is 23.4 Å². The maximum atomic E-state index is 12.4. The van der Waals surface area contributed by atoms with Gasteiger partial charge in [0, 0.05) is 23.7 Å². The number of benzene rings is 1. The summed E-state index contributed by atoms with van der Waals surface area (Å²) < 4.78 is 11.0. The number of pyridine rings is 1. The van der Waals surface area contributed by atoms with Gasteiger partial charge in [-0.3, -0.25) is 4.79 Å². The minimum atomic E-state index is -0.196. The molecule has 24 heavy (non-hydrogen) atoms. The molecule has 1 unspecified atom stereocenters. The van der Waals surface area contributed by atoms with E-state index < -0.39 is 0 Å². The van der Waals surface area contributed by atoms with Crippen molar-refractivity contribution in [1.82, 2.24) is 4.98 Å². The lowest BCUT2D eigenvalue weighted by atomic mass is 10.1. The Kier molecular flexibility index (Phi) is 5.25. The van der Waals surface area contributed by atoms with Crippen molar-refractivity contribution in [2.75, 3.05) is 23.9 Å². The summed E-state index contributed by atoms with van der Waals surface area (Å²) in [4.78, 5) is 16.6. The number of aryl methyl sites for hydroxylation is 1. The van der Waals surface area contributed by atoms with Crippen molar-refractivity contribution in [3.8, 4) is 11.6 Å². The first-order valence-corrected chi connectivity index (χ1v) is 8.97. The lowest BCUT2D eigenvalue weighted by Crippen LogP contribution is -2.16. The predicted octanol–water partition coefficient (Wildman–Crippen LogP) is 3.54. The molecular weight excluding hydrogens is 324 g/mol. The summed E-state index contributed by atoms with van der Waals surface area (Å²) in [6.45, 7) is 1.92. The van der Waals surface area contributed by atoms with Crippen LogP contribution >= 0.6 is 11.8 Å². The highest BCUT2D eigenvalue weighted by Crippen LogP contribution is 2.23. The largest absolute Gasteiger partial charge is 0.497 e. The van der Waals surface area contributed by atoms with Gasteiger partial charge in [-0.2, -0.15) is 11.8 Å². The first-order chi connectivity index (χ1) is 11.7. The highest BCUT2D eigenvalue weighted by molar-refractivity contribution is 7.99. The molecule has 1 amide bonds. The number of ether oxygens (including phenoxy) is 2. The van der Waals surface area contributed by atoms with E-state index in [0.29, 0.717) is 11.4 Å². The van der Waals surface area contributed by atoms with Crippen molar-refractivity contribution in [1.29, 1.82) is 0 Å². The standard InChI is InChI=1S/C18H20N2O3S/c1-12-9-14(22-2)4-5-16(12)20-18(21)13-3-6-17(19-10-13)23-15-7-8-24-11-15/h3-6,9-10,15H,7-8,11H2,1-2H3,(H,20,21). The fourth-order valence-electron chi connectivity index (χ4n) is 2.46. The Bertz CT molecular complexity index is 713. The fourth-order valence-corrected chi connectivity index (χ4v) is 3.55. The number of anilines is 1. The number of hydrogen-bond acceptors (Lipinski definition) is 5. The van der Waals surface area contributed by atoms with Crippen LogP contribution in [0.1, 0.15) is 22.3 Å². The normalized spacial score (nSPS) is 16.7. The van der Waals surface area contributed by atoms with Crippen LogP contribution in [0.2, 0.25) is 0 Å². The van der Waals surface area contributed by atoms with Gasteiger partial charge in [0.15, 0.2) is 0 Å². The van der Waals surface area contributed by atoms with Crippen LogP contribution in [0.15, 0.2) is 36.5 Å². The number of amides is 1. The second-order valence-electron chi connectivity index (χ2n) is 5.62. The molecule has 1 N–H and O–H groups in total. The zero-order chi connectivity index (χ0) is 16.9. The Hall–Kier alpha value is -2.21. The third kappa shape index (κ3) is 4.00. The number of thioether (sulfide) groups is 1. The summed E-state index contributed by atoms with van der Waals surface area (Å²) >= 11 is 1.89. The number of carbonyl (C=O) groups excluding carboxylic acids is 1. The van der Waals surface area contributed by atoms with Crippen LogP contribution in [0, 0.1) is 6.92 Å². The van der Waals surface area contributed by atoms with Crippen LogP contribution in [-0.2, 0) is 0 Å².